The lowest BCUT2D eigenvalue weighted by Crippen LogP contribution is -2.08. The molecule has 0 N–H and O–H groups in total. The fourth-order valence-corrected chi connectivity index (χ4v) is 3.27. The van der Waals surface area contributed by atoms with Crippen molar-refractivity contribution >= 4 is 11.6 Å². The zero-order chi connectivity index (χ0) is 14.7. The quantitative estimate of drug-likeness (QED) is 0.664. The number of hydrogen-bond donors (Lipinski definition) is 0. The predicted molar refractivity (Wildman–Crippen MR) is 88.3 cm³/mol. The van der Waals surface area contributed by atoms with Gasteiger partial charge < -0.3 is 4.74 Å². The summed E-state index contributed by atoms with van der Waals surface area (Å²) in [5.41, 5.74) is 3.81. The molecule has 0 fully saturated rings. The standard InChI is InChI=1S/C19H21ClO/c1-2-3-6-14-9-11-15(12-10-14)19(20)17-13-21-18-8-5-4-7-16(17)18/h4-5,7-12,17,19H,2-3,6,13H2,1H3. The van der Waals surface area contributed by atoms with Crippen molar-refractivity contribution in [2.24, 2.45) is 0 Å². The van der Waals surface area contributed by atoms with Crippen LogP contribution in [0.2, 0.25) is 0 Å². The molecule has 1 aliphatic heterocycles. The van der Waals surface area contributed by atoms with Crippen LogP contribution in [0.5, 0.6) is 5.75 Å². The van der Waals surface area contributed by atoms with Gasteiger partial charge in [0.2, 0.25) is 0 Å². The molecule has 1 aliphatic rings. The lowest BCUT2D eigenvalue weighted by Gasteiger charge is -2.17. The molecule has 0 spiro atoms. The Morgan fingerprint density at radius 1 is 1.14 bits per heavy atom. The first-order chi connectivity index (χ1) is 10.3. The molecule has 21 heavy (non-hydrogen) atoms. The molecule has 1 heterocycles. The number of hydrogen-bond acceptors (Lipinski definition) is 1. The summed E-state index contributed by atoms with van der Waals surface area (Å²) in [6, 6.07) is 17.0. The summed E-state index contributed by atoms with van der Waals surface area (Å²) in [7, 11) is 0. The van der Waals surface area contributed by atoms with Crippen LogP contribution in [0.4, 0.5) is 0 Å². The van der Waals surface area contributed by atoms with E-state index in [0.29, 0.717) is 6.61 Å². The molecule has 0 aromatic heterocycles. The summed E-state index contributed by atoms with van der Waals surface area (Å²) >= 11 is 6.72. The van der Waals surface area contributed by atoms with Crippen LogP contribution < -0.4 is 4.74 Å². The minimum absolute atomic E-state index is 0.0334. The molecular weight excluding hydrogens is 280 g/mol. The molecule has 2 unspecified atom stereocenters. The van der Waals surface area contributed by atoms with Gasteiger partial charge in [-0.25, -0.2) is 0 Å². The number of unbranched alkanes of at least 4 members (excludes halogenated alkanes) is 1. The van der Waals surface area contributed by atoms with E-state index < -0.39 is 0 Å². The highest BCUT2D eigenvalue weighted by Gasteiger charge is 2.30. The Kier molecular flexibility index (Phi) is 4.50. The van der Waals surface area contributed by atoms with Gasteiger partial charge in [0.15, 0.2) is 0 Å². The van der Waals surface area contributed by atoms with Crippen molar-refractivity contribution in [2.45, 2.75) is 37.5 Å². The minimum Gasteiger partial charge on any atom is -0.493 e. The molecule has 2 aromatic rings. The van der Waals surface area contributed by atoms with E-state index in [1.807, 2.05) is 12.1 Å². The highest BCUT2D eigenvalue weighted by Crippen LogP contribution is 2.44. The fourth-order valence-electron chi connectivity index (χ4n) is 2.91. The third kappa shape index (κ3) is 3.08. The number of halogens is 1. The van der Waals surface area contributed by atoms with Crippen molar-refractivity contribution in [3.8, 4) is 5.75 Å². The number of ether oxygens (including phenoxy) is 1. The molecule has 0 bridgehead atoms. The van der Waals surface area contributed by atoms with Gasteiger partial charge in [0.25, 0.3) is 0 Å². The van der Waals surface area contributed by atoms with E-state index in [-0.39, 0.29) is 11.3 Å². The summed E-state index contributed by atoms with van der Waals surface area (Å²) in [4.78, 5) is 0. The summed E-state index contributed by atoms with van der Waals surface area (Å²) in [5, 5.41) is -0.0334. The molecule has 0 radical (unpaired) electrons. The lowest BCUT2D eigenvalue weighted by atomic mass is 9.92. The Morgan fingerprint density at radius 3 is 2.67 bits per heavy atom. The summed E-state index contributed by atoms with van der Waals surface area (Å²) in [6.07, 6.45) is 3.63. The minimum atomic E-state index is -0.0334. The van der Waals surface area contributed by atoms with Gasteiger partial charge in [0.05, 0.1) is 12.0 Å². The maximum atomic E-state index is 6.72. The number of benzene rings is 2. The Balaban J connectivity index is 1.75. The summed E-state index contributed by atoms with van der Waals surface area (Å²) < 4.78 is 5.75. The van der Waals surface area contributed by atoms with Gasteiger partial charge in [-0.1, -0.05) is 55.8 Å². The van der Waals surface area contributed by atoms with Gasteiger partial charge in [-0.3, -0.25) is 0 Å². The summed E-state index contributed by atoms with van der Waals surface area (Å²) in [5.74, 6) is 1.22. The Labute approximate surface area is 131 Å². The van der Waals surface area contributed by atoms with Crippen LogP contribution in [0.3, 0.4) is 0 Å². The van der Waals surface area contributed by atoms with Gasteiger partial charge in [-0.15, -0.1) is 11.6 Å². The molecule has 110 valence electrons. The van der Waals surface area contributed by atoms with Crippen LogP contribution in [0.25, 0.3) is 0 Å². The van der Waals surface area contributed by atoms with Crippen LogP contribution in [0, 0.1) is 0 Å². The topological polar surface area (TPSA) is 9.23 Å². The van der Waals surface area contributed by atoms with Gasteiger partial charge >= 0.3 is 0 Å². The number of rotatable bonds is 5. The number of alkyl halides is 1. The van der Waals surface area contributed by atoms with Crippen molar-refractivity contribution in [3.05, 3.63) is 65.2 Å². The van der Waals surface area contributed by atoms with Crippen molar-refractivity contribution < 1.29 is 4.74 Å². The third-order valence-electron chi connectivity index (χ3n) is 4.21. The Hall–Kier alpha value is -1.47. The largest absolute Gasteiger partial charge is 0.493 e. The number of para-hydroxylation sites is 1. The molecule has 0 aliphatic carbocycles. The van der Waals surface area contributed by atoms with Gasteiger partial charge in [0.1, 0.15) is 5.75 Å². The molecule has 0 saturated carbocycles. The second-order valence-electron chi connectivity index (χ2n) is 5.70. The second-order valence-corrected chi connectivity index (χ2v) is 6.17. The van der Waals surface area contributed by atoms with Crippen molar-refractivity contribution in [1.82, 2.24) is 0 Å². The maximum absolute atomic E-state index is 6.72. The maximum Gasteiger partial charge on any atom is 0.122 e. The Morgan fingerprint density at radius 2 is 1.90 bits per heavy atom. The van der Waals surface area contributed by atoms with E-state index >= 15 is 0 Å². The monoisotopic (exact) mass is 300 g/mol. The molecule has 3 rings (SSSR count). The molecule has 2 atom stereocenters. The molecular formula is C19H21ClO. The Bertz CT molecular complexity index is 591. The van der Waals surface area contributed by atoms with E-state index in [2.05, 4.69) is 43.3 Å². The van der Waals surface area contributed by atoms with E-state index in [9.17, 15) is 0 Å². The zero-order valence-electron chi connectivity index (χ0n) is 12.4. The highest BCUT2D eigenvalue weighted by molar-refractivity contribution is 6.21. The van der Waals surface area contributed by atoms with Crippen LogP contribution >= 0.6 is 11.6 Å². The second kappa shape index (κ2) is 6.53. The molecule has 1 nitrogen and oxygen atoms in total. The first-order valence-corrected chi connectivity index (χ1v) is 8.18. The normalized spacial score (nSPS) is 18.1. The third-order valence-corrected chi connectivity index (χ3v) is 4.76. The molecule has 0 amide bonds. The number of fused-ring (bicyclic) bond motifs is 1. The van der Waals surface area contributed by atoms with Crippen molar-refractivity contribution in [3.63, 3.8) is 0 Å². The van der Waals surface area contributed by atoms with Crippen LogP contribution in [0.15, 0.2) is 48.5 Å². The average molecular weight is 301 g/mol. The first-order valence-electron chi connectivity index (χ1n) is 7.74. The van der Waals surface area contributed by atoms with Crippen molar-refractivity contribution in [2.75, 3.05) is 6.61 Å². The van der Waals surface area contributed by atoms with E-state index in [4.69, 9.17) is 16.3 Å². The van der Waals surface area contributed by atoms with Gasteiger partial charge in [-0.2, -0.15) is 0 Å². The predicted octanol–water partition coefficient (Wildman–Crippen LogP) is 5.49. The van der Waals surface area contributed by atoms with E-state index in [0.717, 1.165) is 12.2 Å². The highest BCUT2D eigenvalue weighted by atomic mass is 35.5. The van der Waals surface area contributed by atoms with E-state index in [1.165, 1.54) is 29.5 Å². The smallest absolute Gasteiger partial charge is 0.122 e. The SMILES string of the molecule is CCCCc1ccc(C(Cl)C2COc3ccccc32)cc1. The van der Waals surface area contributed by atoms with Crippen molar-refractivity contribution in [1.29, 1.82) is 0 Å². The van der Waals surface area contributed by atoms with Gasteiger partial charge in [-0.05, 0) is 30.0 Å². The molecule has 2 aromatic carbocycles. The van der Waals surface area contributed by atoms with Crippen LogP contribution in [0.1, 0.15) is 47.8 Å². The summed E-state index contributed by atoms with van der Waals surface area (Å²) in [6.45, 7) is 2.89. The van der Waals surface area contributed by atoms with Crippen LogP contribution in [-0.2, 0) is 6.42 Å². The fraction of sp³-hybridized carbons (Fsp3) is 0.368. The first kappa shape index (κ1) is 14.5. The van der Waals surface area contributed by atoms with Crippen LogP contribution in [-0.4, -0.2) is 6.61 Å². The van der Waals surface area contributed by atoms with E-state index in [1.54, 1.807) is 0 Å². The lowest BCUT2D eigenvalue weighted by molar-refractivity contribution is 0.328. The van der Waals surface area contributed by atoms with Gasteiger partial charge in [0, 0.05) is 11.5 Å². The average Bonchev–Trinajstić information content (AvgIpc) is 2.97. The molecule has 2 heteroatoms. The number of aryl methyl sites for hydroxylation is 1. The molecule has 0 saturated heterocycles. The zero-order valence-corrected chi connectivity index (χ0v) is 13.1.